The van der Waals surface area contributed by atoms with Crippen molar-refractivity contribution in [2.75, 3.05) is 0 Å². The maximum Gasteiger partial charge on any atom is 0.249 e. The summed E-state index contributed by atoms with van der Waals surface area (Å²) in [6.45, 7) is 6.02. The molecule has 0 atom stereocenters. The third-order valence-corrected chi connectivity index (χ3v) is 2.78. The van der Waals surface area contributed by atoms with Gasteiger partial charge in [-0.2, -0.15) is 0 Å². The van der Waals surface area contributed by atoms with E-state index < -0.39 is 0 Å². The van der Waals surface area contributed by atoms with Crippen molar-refractivity contribution in [2.45, 2.75) is 26.2 Å². The second-order valence-corrected chi connectivity index (χ2v) is 5.63. The van der Waals surface area contributed by atoms with E-state index in [-0.39, 0.29) is 5.41 Å². The lowest BCUT2D eigenvalue weighted by Gasteiger charge is -2.11. The fourth-order valence-electron chi connectivity index (χ4n) is 1.30. The molecule has 0 N–H and O–H groups in total. The summed E-state index contributed by atoms with van der Waals surface area (Å²) in [4.78, 5) is 0. The van der Waals surface area contributed by atoms with E-state index in [0.717, 1.165) is 0 Å². The Morgan fingerprint density at radius 2 is 1.82 bits per heavy atom. The summed E-state index contributed by atoms with van der Waals surface area (Å²) in [6, 6.07) is 5.16. The normalized spacial score (nSPS) is 11.8. The van der Waals surface area contributed by atoms with Crippen molar-refractivity contribution in [3.63, 3.8) is 0 Å². The Morgan fingerprint density at radius 3 is 2.35 bits per heavy atom. The van der Waals surface area contributed by atoms with Crippen LogP contribution < -0.4 is 0 Å². The molecule has 1 aromatic carbocycles. The van der Waals surface area contributed by atoms with Crippen LogP contribution in [0.1, 0.15) is 26.7 Å². The molecule has 0 spiro atoms. The first-order valence-corrected chi connectivity index (χ1v) is 5.93. The molecule has 0 fully saturated rings. The van der Waals surface area contributed by atoms with Crippen molar-refractivity contribution in [1.29, 1.82) is 0 Å². The van der Waals surface area contributed by atoms with E-state index in [4.69, 9.17) is 27.6 Å². The summed E-state index contributed by atoms with van der Waals surface area (Å²) < 4.78 is 5.61. The minimum Gasteiger partial charge on any atom is -0.420 e. The smallest absolute Gasteiger partial charge is 0.249 e. The van der Waals surface area contributed by atoms with Crippen LogP contribution in [0.25, 0.3) is 11.5 Å². The molecule has 90 valence electrons. The molecule has 0 saturated heterocycles. The molecule has 1 heterocycles. The highest BCUT2D eigenvalue weighted by atomic mass is 35.5. The van der Waals surface area contributed by atoms with Gasteiger partial charge in [0.1, 0.15) is 0 Å². The second kappa shape index (κ2) is 4.31. The summed E-state index contributed by atoms with van der Waals surface area (Å²) in [5.41, 5.74) is 0.517. The number of benzene rings is 1. The van der Waals surface area contributed by atoms with Crippen molar-refractivity contribution >= 4 is 23.2 Å². The predicted molar refractivity (Wildman–Crippen MR) is 68.5 cm³/mol. The highest BCUT2D eigenvalue weighted by Crippen LogP contribution is 2.31. The average molecular weight is 271 g/mol. The van der Waals surface area contributed by atoms with E-state index in [1.54, 1.807) is 18.2 Å². The number of halogens is 2. The summed E-state index contributed by atoms with van der Waals surface area (Å²) in [7, 11) is 0. The van der Waals surface area contributed by atoms with Gasteiger partial charge in [-0.05, 0) is 18.2 Å². The van der Waals surface area contributed by atoms with Gasteiger partial charge in [0.15, 0.2) is 0 Å². The summed E-state index contributed by atoms with van der Waals surface area (Å²) in [5.74, 6) is 0.995. The highest BCUT2D eigenvalue weighted by molar-refractivity contribution is 6.36. The SMILES string of the molecule is CC(C)(C)c1nnc(-c2ccc(Cl)cc2Cl)o1. The lowest BCUT2D eigenvalue weighted by atomic mass is 9.97. The van der Waals surface area contributed by atoms with Gasteiger partial charge in [0, 0.05) is 10.4 Å². The van der Waals surface area contributed by atoms with Crippen LogP contribution in [0, 0.1) is 0 Å². The fraction of sp³-hybridized carbons (Fsp3) is 0.333. The quantitative estimate of drug-likeness (QED) is 0.774. The molecule has 0 saturated carbocycles. The largest absolute Gasteiger partial charge is 0.420 e. The van der Waals surface area contributed by atoms with Gasteiger partial charge < -0.3 is 4.42 Å². The highest BCUT2D eigenvalue weighted by Gasteiger charge is 2.22. The van der Waals surface area contributed by atoms with Gasteiger partial charge in [0.2, 0.25) is 11.8 Å². The van der Waals surface area contributed by atoms with Crippen LogP contribution in [-0.4, -0.2) is 10.2 Å². The van der Waals surface area contributed by atoms with Gasteiger partial charge >= 0.3 is 0 Å². The van der Waals surface area contributed by atoms with Crippen molar-refractivity contribution < 1.29 is 4.42 Å². The molecular weight excluding hydrogens is 259 g/mol. The zero-order valence-electron chi connectivity index (χ0n) is 9.79. The van der Waals surface area contributed by atoms with Crippen LogP contribution in [0.15, 0.2) is 22.6 Å². The molecule has 0 bridgehead atoms. The van der Waals surface area contributed by atoms with Gasteiger partial charge in [0.25, 0.3) is 0 Å². The molecule has 2 aromatic rings. The van der Waals surface area contributed by atoms with Crippen LogP contribution >= 0.6 is 23.2 Å². The summed E-state index contributed by atoms with van der Waals surface area (Å²) >= 11 is 11.9. The van der Waals surface area contributed by atoms with Crippen LogP contribution in [0.2, 0.25) is 10.0 Å². The Balaban J connectivity index is 2.44. The van der Waals surface area contributed by atoms with Gasteiger partial charge in [-0.1, -0.05) is 44.0 Å². The first-order chi connectivity index (χ1) is 7.88. The topological polar surface area (TPSA) is 38.9 Å². The van der Waals surface area contributed by atoms with Gasteiger partial charge in [0.05, 0.1) is 10.6 Å². The number of rotatable bonds is 1. The van der Waals surface area contributed by atoms with Crippen LogP contribution in [0.3, 0.4) is 0 Å². The van der Waals surface area contributed by atoms with E-state index in [9.17, 15) is 0 Å². The molecular formula is C12H12Cl2N2O. The Kier molecular flexibility index (Phi) is 3.15. The fourth-order valence-corrected chi connectivity index (χ4v) is 1.79. The maximum absolute atomic E-state index is 6.08. The standard InChI is InChI=1S/C12H12Cl2N2O/c1-12(2,3)11-16-15-10(17-11)8-5-4-7(13)6-9(8)14/h4-6H,1-3H3. The first kappa shape index (κ1) is 12.4. The second-order valence-electron chi connectivity index (χ2n) is 4.79. The maximum atomic E-state index is 6.08. The van der Waals surface area contributed by atoms with E-state index in [0.29, 0.717) is 27.4 Å². The van der Waals surface area contributed by atoms with Gasteiger partial charge in [-0.3, -0.25) is 0 Å². The molecule has 0 aliphatic rings. The van der Waals surface area contributed by atoms with E-state index in [1.165, 1.54) is 0 Å². The van der Waals surface area contributed by atoms with E-state index in [1.807, 2.05) is 20.8 Å². The number of hydrogen-bond donors (Lipinski definition) is 0. The van der Waals surface area contributed by atoms with Gasteiger partial charge in [-0.25, -0.2) is 0 Å². The van der Waals surface area contributed by atoms with Crippen molar-refractivity contribution in [3.8, 4) is 11.5 Å². The Labute approximate surface area is 110 Å². The minimum absolute atomic E-state index is 0.176. The Hall–Kier alpha value is -1.06. The lowest BCUT2D eigenvalue weighted by molar-refractivity contribution is 0.399. The summed E-state index contributed by atoms with van der Waals surface area (Å²) in [5, 5.41) is 9.10. The molecule has 1 aromatic heterocycles. The number of nitrogens with zero attached hydrogens (tertiary/aromatic N) is 2. The third-order valence-electron chi connectivity index (χ3n) is 2.23. The zero-order valence-corrected chi connectivity index (χ0v) is 11.3. The third kappa shape index (κ3) is 2.61. The molecule has 0 aliphatic carbocycles. The van der Waals surface area contributed by atoms with Crippen LogP contribution in [0.5, 0.6) is 0 Å². The molecule has 5 heteroatoms. The first-order valence-electron chi connectivity index (χ1n) is 5.17. The Morgan fingerprint density at radius 1 is 1.12 bits per heavy atom. The van der Waals surface area contributed by atoms with Crippen molar-refractivity contribution in [1.82, 2.24) is 10.2 Å². The number of aromatic nitrogens is 2. The van der Waals surface area contributed by atoms with Crippen molar-refractivity contribution in [2.24, 2.45) is 0 Å². The average Bonchev–Trinajstić information content (AvgIpc) is 2.65. The Bertz CT molecular complexity index is 544. The van der Waals surface area contributed by atoms with E-state index in [2.05, 4.69) is 10.2 Å². The molecule has 0 amide bonds. The molecule has 17 heavy (non-hydrogen) atoms. The van der Waals surface area contributed by atoms with Crippen LogP contribution in [0.4, 0.5) is 0 Å². The van der Waals surface area contributed by atoms with Gasteiger partial charge in [-0.15, -0.1) is 10.2 Å². The minimum atomic E-state index is -0.176. The van der Waals surface area contributed by atoms with Crippen LogP contribution in [-0.2, 0) is 5.41 Å². The molecule has 0 unspecified atom stereocenters. The zero-order chi connectivity index (χ0) is 12.6. The molecule has 0 aliphatic heterocycles. The lowest BCUT2D eigenvalue weighted by Crippen LogP contribution is -2.11. The monoisotopic (exact) mass is 270 g/mol. The summed E-state index contributed by atoms with van der Waals surface area (Å²) in [6.07, 6.45) is 0. The predicted octanol–water partition coefficient (Wildman–Crippen LogP) is 4.34. The number of hydrogen-bond acceptors (Lipinski definition) is 3. The van der Waals surface area contributed by atoms with E-state index >= 15 is 0 Å². The molecule has 2 rings (SSSR count). The molecule has 0 radical (unpaired) electrons. The molecule has 3 nitrogen and oxygen atoms in total. The van der Waals surface area contributed by atoms with Crippen molar-refractivity contribution in [3.05, 3.63) is 34.1 Å².